The third kappa shape index (κ3) is 8.27. The van der Waals surface area contributed by atoms with E-state index in [9.17, 15) is 19.2 Å². The third-order valence-electron chi connectivity index (χ3n) is 6.91. The van der Waals surface area contributed by atoms with Crippen molar-refractivity contribution in [1.82, 2.24) is 0 Å². The summed E-state index contributed by atoms with van der Waals surface area (Å²) in [4.78, 5) is 48.5. The summed E-state index contributed by atoms with van der Waals surface area (Å²) >= 11 is 0. The summed E-state index contributed by atoms with van der Waals surface area (Å²) in [5.74, 6) is 0.0405. The summed E-state index contributed by atoms with van der Waals surface area (Å²) in [6.07, 6.45) is 4.18. The molecule has 0 atom stereocenters. The fourth-order valence-electron chi connectivity index (χ4n) is 6.62. The summed E-state index contributed by atoms with van der Waals surface area (Å²) in [7, 11) is 0. The molecule has 4 bridgehead atoms. The Morgan fingerprint density at radius 3 is 1.33 bits per heavy atom. The Balaban J connectivity index is 1.49. The molecule has 4 fully saturated rings. The lowest BCUT2D eigenvalue weighted by Crippen LogP contribution is -2.53. The Kier molecular flexibility index (Phi) is 8.15. The molecule has 0 aromatic heterocycles. The number of hydrogen-bond acceptors (Lipinski definition) is 10. The van der Waals surface area contributed by atoms with Crippen molar-refractivity contribution in [2.75, 3.05) is 13.6 Å². The Labute approximate surface area is 212 Å². The third-order valence-corrected chi connectivity index (χ3v) is 6.91. The van der Waals surface area contributed by atoms with Gasteiger partial charge in [-0.15, -0.1) is 0 Å². The summed E-state index contributed by atoms with van der Waals surface area (Å²) < 4.78 is 30.1. The van der Waals surface area contributed by atoms with Crippen molar-refractivity contribution < 1.29 is 47.6 Å². The van der Waals surface area contributed by atoms with E-state index in [0.29, 0.717) is 11.8 Å². The van der Waals surface area contributed by atoms with E-state index in [1.54, 1.807) is 41.5 Å². The number of hydrogen-bond donors (Lipinski definition) is 0. The molecule has 0 aromatic rings. The molecule has 0 aliphatic heterocycles. The summed E-state index contributed by atoms with van der Waals surface area (Å²) in [6.45, 7) is 9.30. The lowest BCUT2D eigenvalue weighted by atomic mass is 9.43. The Morgan fingerprint density at radius 1 is 0.639 bits per heavy atom. The highest BCUT2D eigenvalue weighted by Crippen LogP contribution is 2.67. The Morgan fingerprint density at radius 2 is 1.00 bits per heavy atom. The van der Waals surface area contributed by atoms with Gasteiger partial charge in [-0.25, -0.2) is 9.59 Å². The maximum atomic E-state index is 12.6. The molecule has 0 unspecified atom stereocenters. The maximum Gasteiger partial charge on any atom is 0.511 e. The van der Waals surface area contributed by atoms with Gasteiger partial charge >= 0.3 is 24.2 Å². The van der Waals surface area contributed by atoms with E-state index in [-0.39, 0.29) is 23.7 Å². The van der Waals surface area contributed by atoms with Crippen LogP contribution < -0.4 is 0 Å². The van der Waals surface area contributed by atoms with Gasteiger partial charge in [0.2, 0.25) is 13.6 Å². The van der Waals surface area contributed by atoms with Crippen molar-refractivity contribution in [1.29, 1.82) is 0 Å². The average Bonchev–Trinajstić information content (AvgIpc) is 2.62. The molecule has 0 heterocycles. The van der Waals surface area contributed by atoms with Crippen LogP contribution >= 0.6 is 0 Å². The predicted molar refractivity (Wildman–Crippen MR) is 125 cm³/mol. The first-order valence-corrected chi connectivity index (χ1v) is 12.6. The van der Waals surface area contributed by atoms with Crippen LogP contribution in [0.25, 0.3) is 0 Å². The van der Waals surface area contributed by atoms with Gasteiger partial charge in [-0.3, -0.25) is 9.59 Å². The van der Waals surface area contributed by atoms with E-state index in [2.05, 4.69) is 0 Å². The molecule has 4 aliphatic rings. The van der Waals surface area contributed by atoms with E-state index < -0.39 is 49.0 Å². The molecule has 0 spiro atoms. The molecule has 4 rings (SSSR count). The van der Waals surface area contributed by atoms with Crippen LogP contribution in [0.5, 0.6) is 0 Å². The minimum absolute atomic E-state index is 0.218. The van der Waals surface area contributed by atoms with Crippen molar-refractivity contribution in [2.45, 2.75) is 104 Å². The van der Waals surface area contributed by atoms with Crippen LogP contribution in [-0.4, -0.2) is 49.0 Å². The molecule has 0 saturated heterocycles. The largest absolute Gasteiger partial charge is 0.511 e. The molecule has 10 heteroatoms. The van der Waals surface area contributed by atoms with Gasteiger partial charge in [0.1, 0.15) is 11.2 Å². The minimum Gasteiger partial charge on any atom is -0.428 e. The topological polar surface area (TPSA) is 124 Å². The molecule has 0 aromatic carbocycles. The zero-order valence-corrected chi connectivity index (χ0v) is 22.3. The maximum absolute atomic E-state index is 12.6. The molecule has 0 amide bonds. The van der Waals surface area contributed by atoms with Gasteiger partial charge in [-0.2, -0.15) is 0 Å². The number of carbonyl (C=O) groups excluding carboxylic acids is 4. The van der Waals surface area contributed by atoms with Crippen molar-refractivity contribution >= 4 is 24.2 Å². The zero-order valence-electron chi connectivity index (χ0n) is 22.3. The summed E-state index contributed by atoms with van der Waals surface area (Å²) in [5.41, 5.74) is -1.87. The van der Waals surface area contributed by atoms with Crippen molar-refractivity contribution in [2.24, 2.45) is 22.7 Å². The number of ether oxygens (including phenoxy) is 6. The van der Waals surface area contributed by atoms with Gasteiger partial charge < -0.3 is 28.4 Å². The SMILES string of the molecule is CC(C)(C)OC(=O)OCOC(=O)CC12CC3CC(C1)CC(CC(=O)OCOC(=O)OC(C)(C)C)(C3)C2. The molecule has 36 heavy (non-hydrogen) atoms. The quantitative estimate of drug-likeness (QED) is 0.242. The van der Waals surface area contributed by atoms with Crippen LogP contribution in [0, 0.1) is 22.7 Å². The van der Waals surface area contributed by atoms with Gasteiger partial charge in [-0.1, -0.05) is 0 Å². The molecular formula is C26H40O10. The molecule has 4 saturated carbocycles. The normalized spacial score (nSPS) is 28.7. The van der Waals surface area contributed by atoms with Crippen molar-refractivity contribution in [3.8, 4) is 0 Å². The Bertz CT molecular complexity index is 770. The van der Waals surface area contributed by atoms with Crippen LogP contribution in [0.3, 0.4) is 0 Å². The average molecular weight is 513 g/mol. The highest BCUT2D eigenvalue weighted by molar-refractivity contribution is 5.72. The van der Waals surface area contributed by atoms with E-state index in [1.807, 2.05) is 0 Å². The molecule has 4 aliphatic carbocycles. The molecule has 0 radical (unpaired) electrons. The minimum atomic E-state index is -0.891. The van der Waals surface area contributed by atoms with Gasteiger partial charge in [0.15, 0.2) is 0 Å². The second kappa shape index (κ2) is 10.5. The summed E-state index contributed by atoms with van der Waals surface area (Å²) in [5, 5.41) is 0. The monoisotopic (exact) mass is 512 g/mol. The first-order chi connectivity index (χ1) is 16.6. The summed E-state index contributed by atoms with van der Waals surface area (Å²) in [6, 6.07) is 0. The number of esters is 2. The van der Waals surface area contributed by atoms with E-state index >= 15 is 0 Å². The Hall–Kier alpha value is -2.52. The van der Waals surface area contributed by atoms with E-state index in [0.717, 1.165) is 38.5 Å². The first-order valence-electron chi connectivity index (χ1n) is 12.6. The van der Waals surface area contributed by atoms with E-state index in [4.69, 9.17) is 28.4 Å². The molecule has 204 valence electrons. The standard InChI is InChI=1S/C26H40O10/c1-23(2,3)35-21(29)33-15-31-19(27)12-25-8-17-7-18(9-25)11-26(10-17,14-25)13-20(28)32-16-34-22(30)36-24(4,5)6/h17-18H,7-16H2,1-6H3. The fourth-order valence-corrected chi connectivity index (χ4v) is 6.62. The van der Waals surface area contributed by atoms with Crippen LogP contribution in [0.15, 0.2) is 0 Å². The van der Waals surface area contributed by atoms with E-state index in [1.165, 1.54) is 0 Å². The van der Waals surface area contributed by atoms with Crippen molar-refractivity contribution in [3.05, 3.63) is 0 Å². The smallest absolute Gasteiger partial charge is 0.428 e. The number of carbonyl (C=O) groups is 4. The molecule has 0 N–H and O–H groups in total. The van der Waals surface area contributed by atoms with Crippen LogP contribution in [0.4, 0.5) is 9.59 Å². The van der Waals surface area contributed by atoms with Gasteiger partial charge in [-0.05, 0) is 103 Å². The first kappa shape index (κ1) is 28.1. The lowest BCUT2D eigenvalue weighted by molar-refractivity contribution is -0.173. The zero-order chi connectivity index (χ0) is 26.8. The van der Waals surface area contributed by atoms with Gasteiger partial charge in [0.05, 0.1) is 12.8 Å². The second-order valence-electron chi connectivity index (χ2n) is 12.8. The van der Waals surface area contributed by atoms with Crippen LogP contribution in [0.2, 0.25) is 0 Å². The number of rotatable bonds is 8. The fraction of sp³-hybridized carbons (Fsp3) is 0.846. The highest BCUT2D eigenvalue weighted by atomic mass is 16.8. The van der Waals surface area contributed by atoms with Gasteiger partial charge in [0.25, 0.3) is 0 Å². The highest BCUT2D eigenvalue weighted by Gasteiger charge is 2.58. The van der Waals surface area contributed by atoms with Crippen molar-refractivity contribution in [3.63, 3.8) is 0 Å². The van der Waals surface area contributed by atoms with Crippen LogP contribution in [0.1, 0.15) is 92.9 Å². The molecular weight excluding hydrogens is 472 g/mol. The second-order valence-corrected chi connectivity index (χ2v) is 12.8. The van der Waals surface area contributed by atoms with Gasteiger partial charge in [0, 0.05) is 0 Å². The lowest BCUT2D eigenvalue weighted by Gasteiger charge is -2.62. The predicted octanol–water partition coefficient (Wildman–Crippen LogP) is 5.26. The molecule has 10 nitrogen and oxygen atoms in total. The van der Waals surface area contributed by atoms with Crippen LogP contribution in [-0.2, 0) is 38.0 Å².